The maximum absolute atomic E-state index is 5.87. The van der Waals surface area contributed by atoms with Crippen LogP contribution < -0.4 is 0 Å². The molecule has 0 saturated carbocycles. The van der Waals surface area contributed by atoms with Crippen LogP contribution in [0.4, 0.5) is 0 Å². The van der Waals surface area contributed by atoms with E-state index >= 15 is 0 Å². The topological polar surface area (TPSA) is 25.8 Å². The number of fused-ring (bicyclic) bond motifs is 1. The molecular weight excluding hydrogens is 239 g/mol. The molecule has 0 unspecified atom stereocenters. The standard InChI is InChI=1S/C8H4BrClN2/c9-7-6(10)2-1-5-3-4-11-12-8(5)7/h1-4H. The zero-order chi connectivity index (χ0) is 8.55. The second kappa shape index (κ2) is 2.99. The number of hydrogen-bond acceptors (Lipinski definition) is 2. The Kier molecular flexibility index (Phi) is 1.98. The summed E-state index contributed by atoms with van der Waals surface area (Å²) in [6, 6.07) is 5.64. The molecule has 0 amide bonds. The second-order valence-corrected chi connectivity index (χ2v) is 3.53. The van der Waals surface area contributed by atoms with Crippen molar-refractivity contribution in [2.45, 2.75) is 0 Å². The van der Waals surface area contributed by atoms with E-state index < -0.39 is 0 Å². The molecule has 0 aliphatic heterocycles. The Labute approximate surface area is 82.7 Å². The van der Waals surface area contributed by atoms with Gasteiger partial charge < -0.3 is 0 Å². The van der Waals surface area contributed by atoms with Crippen LogP contribution >= 0.6 is 27.5 Å². The van der Waals surface area contributed by atoms with Gasteiger partial charge in [0.1, 0.15) is 5.52 Å². The first kappa shape index (κ1) is 7.95. The predicted molar refractivity (Wildman–Crippen MR) is 52.2 cm³/mol. The summed E-state index contributed by atoms with van der Waals surface area (Å²) >= 11 is 9.22. The minimum atomic E-state index is 0.656. The smallest absolute Gasteiger partial charge is 0.109 e. The highest BCUT2D eigenvalue weighted by Gasteiger charge is 2.03. The average molecular weight is 243 g/mol. The maximum atomic E-state index is 5.87. The molecular formula is C8H4BrClN2. The summed E-state index contributed by atoms with van der Waals surface area (Å²) in [6.07, 6.45) is 1.66. The van der Waals surface area contributed by atoms with E-state index in [0.717, 1.165) is 15.4 Å². The van der Waals surface area contributed by atoms with Crippen molar-refractivity contribution in [3.05, 3.63) is 33.9 Å². The zero-order valence-corrected chi connectivity index (χ0v) is 8.30. The van der Waals surface area contributed by atoms with Gasteiger partial charge in [-0.15, -0.1) is 5.10 Å². The van der Waals surface area contributed by atoms with Crippen LogP contribution in [0.2, 0.25) is 5.02 Å². The van der Waals surface area contributed by atoms with E-state index in [1.165, 1.54) is 0 Å². The van der Waals surface area contributed by atoms with Gasteiger partial charge in [-0.05, 0) is 28.1 Å². The lowest BCUT2D eigenvalue weighted by atomic mass is 10.2. The SMILES string of the molecule is Clc1ccc2ccnnc2c1Br. The fourth-order valence-corrected chi connectivity index (χ4v) is 1.59. The molecule has 0 saturated heterocycles. The van der Waals surface area contributed by atoms with Gasteiger partial charge in [-0.3, -0.25) is 0 Å². The highest BCUT2D eigenvalue weighted by Crippen LogP contribution is 2.28. The Morgan fingerprint density at radius 1 is 1.25 bits per heavy atom. The van der Waals surface area contributed by atoms with E-state index in [0.29, 0.717) is 5.02 Å². The molecule has 60 valence electrons. The highest BCUT2D eigenvalue weighted by molar-refractivity contribution is 9.10. The van der Waals surface area contributed by atoms with Crippen molar-refractivity contribution in [3.8, 4) is 0 Å². The Bertz CT molecular complexity index is 430. The third kappa shape index (κ3) is 1.19. The molecule has 0 aliphatic carbocycles. The van der Waals surface area contributed by atoms with Gasteiger partial charge in [-0.25, -0.2) is 0 Å². The monoisotopic (exact) mass is 242 g/mol. The molecule has 0 spiro atoms. The molecule has 1 aromatic carbocycles. The van der Waals surface area contributed by atoms with Crippen LogP contribution in [0.1, 0.15) is 0 Å². The summed E-state index contributed by atoms with van der Waals surface area (Å²) in [5.74, 6) is 0. The summed E-state index contributed by atoms with van der Waals surface area (Å²) < 4.78 is 0.801. The van der Waals surface area contributed by atoms with E-state index in [2.05, 4.69) is 26.1 Å². The molecule has 2 rings (SSSR count). The minimum Gasteiger partial charge on any atom is -0.158 e. The summed E-state index contributed by atoms with van der Waals surface area (Å²) in [6.45, 7) is 0. The van der Waals surface area contributed by atoms with Crippen LogP contribution in [-0.4, -0.2) is 10.2 Å². The van der Waals surface area contributed by atoms with Crippen LogP contribution in [0.3, 0.4) is 0 Å². The van der Waals surface area contributed by atoms with Crippen molar-refractivity contribution in [2.24, 2.45) is 0 Å². The third-order valence-corrected chi connectivity index (χ3v) is 2.92. The largest absolute Gasteiger partial charge is 0.158 e. The molecule has 1 heterocycles. The van der Waals surface area contributed by atoms with Gasteiger partial charge in [0.15, 0.2) is 0 Å². The van der Waals surface area contributed by atoms with E-state index in [-0.39, 0.29) is 0 Å². The number of halogens is 2. The summed E-state index contributed by atoms with van der Waals surface area (Å²) in [7, 11) is 0. The van der Waals surface area contributed by atoms with Crippen LogP contribution in [0.5, 0.6) is 0 Å². The van der Waals surface area contributed by atoms with Crippen molar-refractivity contribution >= 4 is 38.4 Å². The van der Waals surface area contributed by atoms with Gasteiger partial charge in [-0.1, -0.05) is 17.7 Å². The third-order valence-electron chi connectivity index (χ3n) is 1.58. The summed E-state index contributed by atoms with van der Waals surface area (Å²) in [5.41, 5.74) is 0.796. The molecule has 0 N–H and O–H groups in total. The Balaban J connectivity index is 2.91. The fraction of sp³-hybridized carbons (Fsp3) is 0. The molecule has 12 heavy (non-hydrogen) atoms. The van der Waals surface area contributed by atoms with Crippen LogP contribution in [0.25, 0.3) is 10.9 Å². The highest BCUT2D eigenvalue weighted by atomic mass is 79.9. The maximum Gasteiger partial charge on any atom is 0.109 e. The summed E-state index contributed by atoms with van der Waals surface area (Å²) in [5, 5.41) is 9.42. The molecule has 1 aromatic heterocycles. The minimum absolute atomic E-state index is 0.656. The normalized spacial score (nSPS) is 10.5. The zero-order valence-electron chi connectivity index (χ0n) is 5.96. The Morgan fingerprint density at radius 2 is 2.08 bits per heavy atom. The van der Waals surface area contributed by atoms with E-state index in [1.54, 1.807) is 6.20 Å². The lowest BCUT2D eigenvalue weighted by Gasteiger charge is -1.98. The molecule has 0 aliphatic rings. The molecule has 0 bridgehead atoms. The van der Waals surface area contributed by atoms with E-state index in [1.807, 2.05) is 18.2 Å². The molecule has 4 heteroatoms. The van der Waals surface area contributed by atoms with Crippen LogP contribution in [-0.2, 0) is 0 Å². The predicted octanol–water partition coefficient (Wildman–Crippen LogP) is 3.05. The van der Waals surface area contributed by atoms with Gasteiger partial charge in [0.25, 0.3) is 0 Å². The van der Waals surface area contributed by atoms with Crippen molar-refractivity contribution in [1.29, 1.82) is 0 Å². The van der Waals surface area contributed by atoms with Gasteiger partial charge in [0, 0.05) is 5.39 Å². The van der Waals surface area contributed by atoms with Crippen LogP contribution in [0, 0.1) is 0 Å². The van der Waals surface area contributed by atoms with Gasteiger partial charge >= 0.3 is 0 Å². The number of aromatic nitrogens is 2. The van der Waals surface area contributed by atoms with E-state index in [9.17, 15) is 0 Å². The first-order chi connectivity index (χ1) is 5.79. The average Bonchev–Trinajstić information content (AvgIpc) is 2.12. The Hall–Kier alpha value is -0.670. The molecule has 0 fully saturated rings. The molecule has 0 atom stereocenters. The second-order valence-electron chi connectivity index (χ2n) is 2.33. The lowest BCUT2D eigenvalue weighted by molar-refractivity contribution is 1.07. The molecule has 2 aromatic rings. The van der Waals surface area contributed by atoms with E-state index in [4.69, 9.17) is 11.6 Å². The number of nitrogens with zero attached hydrogens (tertiary/aromatic N) is 2. The summed E-state index contributed by atoms with van der Waals surface area (Å²) in [4.78, 5) is 0. The quantitative estimate of drug-likeness (QED) is 0.711. The van der Waals surface area contributed by atoms with Crippen LogP contribution in [0.15, 0.2) is 28.9 Å². The van der Waals surface area contributed by atoms with Gasteiger partial charge in [0.2, 0.25) is 0 Å². The van der Waals surface area contributed by atoms with Crippen molar-refractivity contribution < 1.29 is 0 Å². The van der Waals surface area contributed by atoms with Crippen molar-refractivity contribution in [1.82, 2.24) is 10.2 Å². The van der Waals surface area contributed by atoms with Crippen molar-refractivity contribution in [3.63, 3.8) is 0 Å². The Morgan fingerprint density at radius 3 is 2.92 bits per heavy atom. The number of rotatable bonds is 0. The van der Waals surface area contributed by atoms with Gasteiger partial charge in [-0.2, -0.15) is 5.10 Å². The first-order valence-corrected chi connectivity index (χ1v) is 4.51. The fourth-order valence-electron chi connectivity index (χ4n) is 0.996. The van der Waals surface area contributed by atoms with Gasteiger partial charge in [0.05, 0.1) is 15.7 Å². The number of hydrogen-bond donors (Lipinski definition) is 0. The molecule has 0 radical (unpaired) electrons. The number of benzene rings is 1. The first-order valence-electron chi connectivity index (χ1n) is 3.34. The lowest BCUT2D eigenvalue weighted by Crippen LogP contribution is -1.83. The van der Waals surface area contributed by atoms with Crippen molar-refractivity contribution in [2.75, 3.05) is 0 Å². The molecule has 2 nitrogen and oxygen atoms in total.